The zero-order valence-corrected chi connectivity index (χ0v) is 13.2. The molecule has 2 atom stereocenters. The third kappa shape index (κ3) is 4.77. The second-order valence-corrected chi connectivity index (χ2v) is 6.68. The first-order valence-corrected chi connectivity index (χ1v) is 8.48. The molecule has 0 radical (unpaired) electrons. The summed E-state index contributed by atoms with van der Waals surface area (Å²) in [5.74, 6) is 2.24. The van der Waals surface area contributed by atoms with Crippen LogP contribution in [0.1, 0.15) is 25.5 Å². The van der Waals surface area contributed by atoms with E-state index < -0.39 is 6.10 Å². The van der Waals surface area contributed by atoms with Crippen molar-refractivity contribution in [2.45, 2.75) is 32.1 Å². The van der Waals surface area contributed by atoms with Crippen molar-refractivity contribution in [2.24, 2.45) is 0 Å². The van der Waals surface area contributed by atoms with E-state index in [2.05, 4.69) is 35.2 Å². The Morgan fingerprint density at radius 2 is 2.10 bits per heavy atom. The van der Waals surface area contributed by atoms with Crippen LogP contribution in [0.5, 0.6) is 0 Å². The fourth-order valence-electron chi connectivity index (χ4n) is 2.47. The van der Waals surface area contributed by atoms with E-state index in [-0.39, 0.29) is 6.10 Å². The van der Waals surface area contributed by atoms with Gasteiger partial charge in [-0.3, -0.25) is 4.90 Å². The Morgan fingerprint density at radius 3 is 2.80 bits per heavy atom. The van der Waals surface area contributed by atoms with Crippen LogP contribution in [-0.4, -0.2) is 53.4 Å². The van der Waals surface area contributed by atoms with Crippen LogP contribution in [0.3, 0.4) is 0 Å². The number of aliphatic hydroxyl groups is 1. The molecule has 1 aromatic carbocycles. The first-order valence-electron chi connectivity index (χ1n) is 7.33. The van der Waals surface area contributed by atoms with Gasteiger partial charge >= 0.3 is 0 Å². The maximum absolute atomic E-state index is 10.1. The third-order valence-corrected chi connectivity index (χ3v) is 4.51. The lowest BCUT2D eigenvalue weighted by atomic mass is 10.1. The van der Waals surface area contributed by atoms with Gasteiger partial charge in [-0.25, -0.2) is 0 Å². The number of aliphatic hydroxyl groups excluding tert-OH is 1. The number of thioether (sulfide) groups is 1. The summed E-state index contributed by atoms with van der Waals surface area (Å²) in [7, 11) is 0. The van der Waals surface area contributed by atoms with Gasteiger partial charge in [-0.1, -0.05) is 30.3 Å². The second kappa shape index (κ2) is 8.03. The van der Waals surface area contributed by atoms with Crippen LogP contribution >= 0.6 is 11.8 Å². The van der Waals surface area contributed by atoms with Crippen molar-refractivity contribution in [3.8, 4) is 0 Å². The lowest BCUT2D eigenvalue weighted by molar-refractivity contribution is -0.0127. The first-order chi connectivity index (χ1) is 9.66. The molecular formula is C16H25NO2S. The average molecular weight is 295 g/mol. The molecule has 1 aliphatic rings. The monoisotopic (exact) mass is 295 g/mol. The van der Waals surface area contributed by atoms with E-state index in [1.54, 1.807) is 0 Å². The molecule has 1 heterocycles. The number of rotatable bonds is 6. The van der Waals surface area contributed by atoms with E-state index in [0.717, 1.165) is 18.1 Å². The van der Waals surface area contributed by atoms with E-state index in [1.165, 1.54) is 5.56 Å². The molecule has 4 heteroatoms. The summed E-state index contributed by atoms with van der Waals surface area (Å²) in [5.41, 5.74) is 1.34. The highest BCUT2D eigenvalue weighted by Crippen LogP contribution is 2.29. The summed E-state index contributed by atoms with van der Waals surface area (Å²) in [6.45, 7) is 6.13. The van der Waals surface area contributed by atoms with Crippen LogP contribution in [0.4, 0.5) is 0 Å². The van der Waals surface area contributed by atoms with Crippen LogP contribution in [0, 0.1) is 0 Å². The molecule has 3 nitrogen and oxygen atoms in total. The van der Waals surface area contributed by atoms with Gasteiger partial charge in [-0.2, -0.15) is 11.8 Å². The van der Waals surface area contributed by atoms with Crippen LogP contribution in [0.15, 0.2) is 30.3 Å². The van der Waals surface area contributed by atoms with Crippen molar-refractivity contribution in [1.82, 2.24) is 4.90 Å². The smallest absolute Gasteiger partial charge is 0.0900 e. The second-order valence-electron chi connectivity index (χ2n) is 5.53. The Morgan fingerprint density at radius 1 is 1.35 bits per heavy atom. The van der Waals surface area contributed by atoms with Crippen LogP contribution in [0.2, 0.25) is 0 Å². The summed E-state index contributed by atoms with van der Waals surface area (Å²) >= 11 is 1.99. The largest absolute Gasteiger partial charge is 0.389 e. The van der Waals surface area contributed by atoms with Crippen molar-refractivity contribution in [2.75, 3.05) is 31.2 Å². The molecule has 2 rings (SSSR count). The van der Waals surface area contributed by atoms with E-state index in [9.17, 15) is 5.11 Å². The van der Waals surface area contributed by atoms with E-state index in [1.807, 2.05) is 25.6 Å². The topological polar surface area (TPSA) is 32.7 Å². The van der Waals surface area contributed by atoms with Crippen molar-refractivity contribution in [1.29, 1.82) is 0 Å². The Balaban J connectivity index is 1.93. The molecule has 1 fully saturated rings. The molecule has 1 aromatic rings. The first kappa shape index (κ1) is 15.8. The van der Waals surface area contributed by atoms with E-state index in [0.29, 0.717) is 19.2 Å². The SMILES string of the molecule is CC(C)OCC(O)CN1CCSCC1c1ccccc1. The summed E-state index contributed by atoms with van der Waals surface area (Å²) in [6.07, 6.45) is -0.238. The molecule has 112 valence electrons. The molecule has 0 amide bonds. The van der Waals surface area contributed by atoms with Crippen LogP contribution in [0.25, 0.3) is 0 Å². The third-order valence-electron chi connectivity index (χ3n) is 3.49. The molecule has 1 N–H and O–H groups in total. The van der Waals surface area contributed by atoms with E-state index in [4.69, 9.17) is 4.74 Å². The molecule has 1 aliphatic heterocycles. The van der Waals surface area contributed by atoms with Crippen molar-refractivity contribution >= 4 is 11.8 Å². The maximum Gasteiger partial charge on any atom is 0.0900 e. The van der Waals surface area contributed by atoms with Crippen molar-refractivity contribution in [3.63, 3.8) is 0 Å². The highest BCUT2D eigenvalue weighted by atomic mass is 32.2. The molecule has 0 aromatic heterocycles. The maximum atomic E-state index is 10.1. The van der Waals surface area contributed by atoms with Gasteiger partial charge in [-0.05, 0) is 19.4 Å². The minimum atomic E-state index is -0.410. The molecule has 20 heavy (non-hydrogen) atoms. The summed E-state index contributed by atoms with van der Waals surface area (Å²) in [6, 6.07) is 11.0. The summed E-state index contributed by atoms with van der Waals surface area (Å²) in [4.78, 5) is 2.39. The molecule has 0 aliphatic carbocycles. The van der Waals surface area contributed by atoms with Gasteiger partial charge in [-0.15, -0.1) is 0 Å². The zero-order chi connectivity index (χ0) is 14.4. The van der Waals surface area contributed by atoms with Crippen LogP contribution in [-0.2, 0) is 4.74 Å². The molecule has 0 spiro atoms. The fraction of sp³-hybridized carbons (Fsp3) is 0.625. The van der Waals surface area contributed by atoms with Crippen LogP contribution < -0.4 is 0 Å². The van der Waals surface area contributed by atoms with Crippen molar-refractivity contribution < 1.29 is 9.84 Å². The lowest BCUT2D eigenvalue weighted by Crippen LogP contribution is -2.42. The Labute approximate surface area is 126 Å². The van der Waals surface area contributed by atoms with Gasteiger partial charge in [0.2, 0.25) is 0 Å². The number of hydrogen-bond acceptors (Lipinski definition) is 4. The predicted molar refractivity (Wildman–Crippen MR) is 85.2 cm³/mol. The van der Waals surface area contributed by atoms with Gasteiger partial charge < -0.3 is 9.84 Å². The standard InChI is InChI=1S/C16H25NO2S/c1-13(2)19-11-15(18)10-17-8-9-20-12-16(17)14-6-4-3-5-7-14/h3-7,13,15-16,18H,8-12H2,1-2H3. The van der Waals surface area contributed by atoms with Crippen molar-refractivity contribution in [3.05, 3.63) is 35.9 Å². The molecule has 0 bridgehead atoms. The Bertz CT molecular complexity index is 385. The Kier molecular flexibility index (Phi) is 6.36. The lowest BCUT2D eigenvalue weighted by Gasteiger charge is -2.37. The normalized spacial score (nSPS) is 22.1. The number of hydrogen-bond donors (Lipinski definition) is 1. The highest BCUT2D eigenvalue weighted by Gasteiger charge is 2.25. The summed E-state index contributed by atoms with van der Waals surface area (Å²) in [5, 5.41) is 10.1. The van der Waals surface area contributed by atoms with Gasteiger partial charge in [0.1, 0.15) is 0 Å². The van der Waals surface area contributed by atoms with Gasteiger partial charge in [0, 0.05) is 30.6 Å². The number of nitrogens with zero attached hydrogens (tertiary/aromatic N) is 1. The quantitative estimate of drug-likeness (QED) is 0.874. The molecule has 2 unspecified atom stereocenters. The molecular weight excluding hydrogens is 270 g/mol. The number of benzene rings is 1. The average Bonchev–Trinajstić information content (AvgIpc) is 2.47. The zero-order valence-electron chi connectivity index (χ0n) is 12.4. The predicted octanol–water partition coefficient (Wildman–Crippen LogP) is 2.56. The van der Waals surface area contributed by atoms with E-state index >= 15 is 0 Å². The molecule has 0 saturated carbocycles. The van der Waals surface area contributed by atoms with Gasteiger partial charge in [0.15, 0.2) is 0 Å². The number of β-amino-alcohol motifs (C(OH)–C–C–N with tert-alkyl or cyclic N) is 1. The molecule has 1 saturated heterocycles. The fourth-order valence-corrected chi connectivity index (χ4v) is 3.62. The highest BCUT2D eigenvalue weighted by molar-refractivity contribution is 7.99. The minimum Gasteiger partial charge on any atom is -0.389 e. The summed E-state index contributed by atoms with van der Waals surface area (Å²) < 4.78 is 5.50. The van der Waals surface area contributed by atoms with Gasteiger partial charge in [0.25, 0.3) is 0 Å². The number of ether oxygens (including phenoxy) is 1. The Hall–Kier alpha value is -0.550. The minimum absolute atomic E-state index is 0.173. The van der Waals surface area contributed by atoms with Gasteiger partial charge in [0.05, 0.1) is 18.8 Å².